The van der Waals surface area contributed by atoms with Crippen LogP contribution in [0.2, 0.25) is 0 Å². The Hall–Kier alpha value is -1.99. The van der Waals surface area contributed by atoms with Crippen LogP contribution >= 0.6 is 0 Å². The van der Waals surface area contributed by atoms with E-state index in [1.54, 1.807) is 42.5 Å². The van der Waals surface area contributed by atoms with E-state index in [0.29, 0.717) is 5.56 Å². The van der Waals surface area contributed by atoms with Crippen LogP contribution in [-0.4, -0.2) is 35.1 Å². The van der Waals surface area contributed by atoms with Crippen molar-refractivity contribution in [3.05, 3.63) is 60.2 Å². The number of nitrogens with two attached hydrogens (primary N) is 1. The van der Waals surface area contributed by atoms with E-state index in [9.17, 15) is 13.2 Å². The first-order chi connectivity index (χ1) is 10.4. The van der Waals surface area contributed by atoms with Gasteiger partial charge in [0, 0.05) is 0 Å². The van der Waals surface area contributed by atoms with Gasteiger partial charge in [0.05, 0.1) is 0 Å². The second kappa shape index (κ2) is 6.85. The number of carbonyl (C=O) groups excluding carboxylic acids is 1. The van der Waals surface area contributed by atoms with Gasteiger partial charge in [-0.3, -0.25) is 0 Å². The number of benzene rings is 2. The second-order valence-electron chi connectivity index (χ2n) is 4.25. The van der Waals surface area contributed by atoms with Crippen molar-refractivity contribution in [2.45, 2.75) is 4.90 Å². The number of primary sulfonamides is 1. The Morgan fingerprint density at radius 3 is 2.27 bits per heavy atom. The van der Waals surface area contributed by atoms with Crippen LogP contribution < -0.4 is 10.5 Å². The van der Waals surface area contributed by atoms with Crippen molar-refractivity contribution in [2.75, 3.05) is 0 Å². The molecule has 22 heavy (non-hydrogen) atoms. The van der Waals surface area contributed by atoms with Crippen LogP contribution in [0.4, 0.5) is 5.69 Å². The molecule has 2 aromatic carbocycles. The molecule has 1 amide bonds. The number of nitrogens with zero attached hydrogens (tertiary/aromatic N) is 1. The number of hydrogen-bond acceptors (Lipinski definition) is 4. The van der Waals surface area contributed by atoms with Crippen molar-refractivity contribution in [1.82, 2.24) is 5.32 Å². The fourth-order valence-corrected chi connectivity index (χ4v) is 2.76. The molecule has 0 aliphatic heterocycles. The van der Waals surface area contributed by atoms with Gasteiger partial charge in [0.25, 0.3) is 0 Å². The van der Waals surface area contributed by atoms with Crippen LogP contribution in [0.1, 0.15) is 10.4 Å². The number of carbonyl (C=O) groups is 1. The molecule has 0 atom stereocenters. The van der Waals surface area contributed by atoms with Crippen LogP contribution in [-0.2, 0) is 10.0 Å². The van der Waals surface area contributed by atoms with Gasteiger partial charge in [-0.15, -0.1) is 0 Å². The number of nitrogens with one attached hydrogen (secondary N) is 1. The normalized spacial score (nSPS) is 12.0. The van der Waals surface area contributed by atoms with Gasteiger partial charge in [0.1, 0.15) is 0 Å². The van der Waals surface area contributed by atoms with Gasteiger partial charge in [0.2, 0.25) is 0 Å². The Kier molecular flexibility index (Phi) is 5.10. The van der Waals surface area contributed by atoms with Gasteiger partial charge in [-0.25, -0.2) is 0 Å². The summed E-state index contributed by atoms with van der Waals surface area (Å²) in [6, 6.07) is 14.6. The molecule has 0 aliphatic carbocycles. The number of hydrogen-bond donors (Lipinski definition) is 2. The number of rotatable bonds is 3. The third kappa shape index (κ3) is 4.25. The van der Waals surface area contributed by atoms with Gasteiger partial charge in [0.15, 0.2) is 0 Å². The van der Waals surface area contributed by atoms with Crippen LogP contribution in [0.5, 0.6) is 0 Å². The number of aliphatic imine (C=N–C) groups is 1. The van der Waals surface area contributed by atoms with E-state index in [4.69, 9.17) is 5.14 Å². The van der Waals surface area contributed by atoms with E-state index >= 15 is 0 Å². The molecule has 0 saturated heterocycles. The molecule has 0 saturated carbocycles. The Morgan fingerprint density at radius 1 is 1.05 bits per heavy atom. The van der Waals surface area contributed by atoms with Crippen molar-refractivity contribution in [2.24, 2.45) is 10.1 Å². The average molecular weight is 381 g/mol. The van der Waals surface area contributed by atoms with Gasteiger partial charge >= 0.3 is 136 Å². The molecule has 2 rings (SSSR count). The van der Waals surface area contributed by atoms with Crippen molar-refractivity contribution in [3.8, 4) is 0 Å². The molecular weight excluding hydrogens is 369 g/mol. The van der Waals surface area contributed by atoms with E-state index in [-0.39, 0.29) is 21.2 Å². The summed E-state index contributed by atoms with van der Waals surface area (Å²) in [5.74, 6) is -0.355. The monoisotopic (exact) mass is 382 g/mol. The van der Waals surface area contributed by atoms with E-state index in [0.717, 1.165) is 0 Å². The minimum atomic E-state index is -3.89. The minimum absolute atomic E-state index is 0.114. The van der Waals surface area contributed by atoms with E-state index < -0.39 is 10.0 Å². The average Bonchev–Trinajstić information content (AvgIpc) is 2.47. The zero-order valence-corrected chi connectivity index (χ0v) is 13.8. The molecule has 0 fully saturated rings. The van der Waals surface area contributed by atoms with E-state index in [1.165, 1.54) is 12.1 Å². The summed E-state index contributed by atoms with van der Waals surface area (Å²) in [7, 11) is -3.89. The zero-order valence-electron chi connectivity index (χ0n) is 11.3. The fourth-order valence-electron chi connectivity index (χ4n) is 1.69. The Bertz CT molecular complexity index is 820. The third-order valence-corrected chi connectivity index (χ3v) is 4.01. The summed E-state index contributed by atoms with van der Waals surface area (Å²) in [4.78, 5) is 15.9. The third-order valence-electron chi connectivity index (χ3n) is 2.65. The number of amides is 1. The first-order valence-corrected chi connectivity index (χ1v) is 8.52. The number of sulfonamides is 1. The number of para-hydroxylation sites is 1. The predicted octanol–water partition coefficient (Wildman–Crippen LogP) is 0.920. The van der Waals surface area contributed by atoms with Crippen molar-refractivity contribution in [3.63, 3.8) is 0 Å². The first-order valence-electron chi connectivity index (χ1n) is 6.12. The summed E-state index contributed by atoms with van der Waals surface area (Å²) in [5, 5.41) is 7.67. The molecule has 1 radical (unpaired) electrons. The topological polar surface area (TPSA) is 102 Å². The molecule has 0 heterocycles. The van der Waals surface area contributed by atoms with Crippen molar-refractivity contribution < 1.29 is 13.2 Å². The molecule has 0 aromatic heterocycles. The second-order valence-corrected chi connectivity index (χ2v) is 6.59. The quantitative estimate of drug-likeness (QED) is 0.470. The molecule has 113 valence electrons. The van der Waals surface area contributed by atoms with E-state index in [1.807, 2.05) is 0 Å². The van der Waals surface area contributed by atoms with Crippen molar-refractivity contribution in [1.29, 1.82) is 0 Å². The molecular formula is C14H12N3O3SSe. The van der Waals surface area contributed by atoms with Gasteiger partial charge in [-0.1, -0.05) is 0 Å². The summed E-state index contributed by atoms with van der Waals surface area (Å²) in [6.07, 6.45) is 0. The molecule has 3 N–H and O–H groups in total. The first kappa shape index (κ1) is 16.4. The Labute approximate surface area is 136 Å². The summed E-state index contributed by atoms with van der Waals surface area (Å²) < 4.78 is 23.1. The fraction of sp³-hybridized carbons (Fsp3) is 0. The maximum atomic E-state index is 12.0. The van der Waals surface area contributed by atoms with E-state index in [2.05, 4.69) is 26.3 Å². The standard InChI is InChI=1S/C14H12N3O3SSe/c15-21(19,20)12-9-5-4-8-11(12)16-14(22)17-13(18)10-6-2-1-3-7-10/h1-9H,(H2,15,19,20)(H,16,17,18). The van der Waals surface area contributed by atoms with Gasteiger partial charge < -0.3 is 0 Å². The summed E-state index contributed by atoms with van der Waals surface area (Å²) in [6.45, 7) is 0. The van der Waals surface area contributed by atoms with Crippen LogP contribution in [0.3, 0.4) is 0 Å². The molecule has 0 unspecified atom stereocenters. The molecule has 0 bridgehead atoms. The summed E-state index contributed by atoms with van der Waals surface area (Å²) >= 11 is 2.59. The molecule has 8 heteroatoms. The molecule has 6 nitrogen and oxygen atoms in total. The SMILES string of the molecule is NS(=O)(=O)c1ccccc1N=C([Se])NC(=O)c1ccccc1. The maximum absolute atomic E-state index is 12.0. The predicted molar refractivity (Wildman–Crippen MR) is 84.6 cm³/mol. The number of amidine groups is 1. The molecule has 0 aliphatic rings. The van der Waals surface area contributed by atoms with Crippen LogP contribution in [0.15, 0.2) is 64.5 Å². The van der Waals surface area contributed by atoms with Crippen molar-refractivity contribution >= 4 is 42.4 Å². The van der Waals surface area contributed by atoms with Crippen LogP contribution in [0.25, 0.3) is 0 Å². The van der Waals surface area contributed by atoms with Gasteiger partial charge in [-0.05, 0) is 0 Å². The molecule has 2 aromatic rings. The Balaban J connectivity index is 2.26. The summed E-state index contributed by atoms with van der Waals surface area (Å²) in [5.41, 5.74) is 0.609. The molecule has 0 spiro atoms. The zero-order chi connectivity index (χ0) is 16.2. The van der Waals surface area contributed by atoms with Crippen LogP contribution in [0, 0.1) is 0 Å². The Morgan fingerprint density at radius 2 is 1.64 bits per heavy atom. The van der Waals surface area contributed by atoms with Gasteiger partial charge in [-0.2, -0.15) is 0 Å².